The molecule has 1 atom stereocenters. The van der Waals surface area contributed by atoms with Crippen LogP contribution < -0.4 is 5.73 Å². The Morgan fingerprint density at radius 2 is 1.74 bits per heavy atom. The number of alkyl halides is 6. The number of halogens is 7. The Hall–Kier alpha value is -3.45. The van der Waals surface area contributed by atoms with Gasteiger partial charge in [0.15, 0.2) is 11.3 Å². The molecule has 4 heterocycles. The molecule has 0 saturated carbocycles. The van der Waals surface area contributed by atoms with Crippen molar-refractivity contribution in [2.24, 2.45) is 0 Å². The molecule has 0 bridgehead atoms. The Morgan fingerprint density at radius 3 is 2.21 bits per heavy atom. The van der Waals surface area contributed by atoms with Gasteiger partial charge in [-0.1, -0.05) is 23.7 Å². The average Bonchev–Trinajstić information content (AvgIpc) is 3.61. The summed E-state index contributed by atoms with van der Waals surface area (Å²) in [7, 11) is -3.55. The van der Waals surface area contributed by atoms with E-state index in [0.717, 1.165) is 29.7 Å². The van der Waals surface area contributed by atoms with E-state index in [0.29, 0.717) is 35.7 Å². The van der Waals surface area contributed by atoms with Gasteiger partial charge < -0.3 is 15.9 Å². The number of carboxylic acids is 1. The highest BCUT2D eigenvalue weighted by molar-refractivity contribution is 7.91. The van der Waals surface area contributed by atoms with Crippen LogP contribution in [0.15, 0.2) is 46.8 Å². The lowest BCUT2D eigenvalue weighted by Gasteiger charge is -2.13. The summed E-state index contributed by atoms with van der Waals surface area (Å²) in [5.41, 5.74) is 2.00. The molecule has 3 aromatic heterocycles. The molecule has 1 aromatic carbocycles. The number of sulfonamides is 1. The predicted molar refractivity (Wildman–Crippen MR) is 139 cm³/mol. The number of aliphatic hydroxyl groups is 1. The quantitative estimate of drug-likeness (QED) is 0.263. The first-order chi connectivity index (χ1) is 19.4. The smallest absolute Gasteiger partial charge is 0.433 e. The lowest BCUT2D eigenvalue weighted by atomic mass is 10.1. The van der Waals surface area contributed by atoms with Gasteiger partial charge in [-0.3, -0.25) is 0 Å². The van der Waals surface area contributed by atoms with Crippen molar-refractivity contribution in [1.82, 2.24) is 18.9 Å². The summed E-state index contributed by atoms with van der Waals surface area (Å²) in [5.74, 6) is -1.54. The number of nitrogens with zero attached hydrogens (tertiary/aromatic N) is 4. The zero-order valence-corrected chi connectivity index (χ0v) is 23.1. The second-order valence-electron chi connectivity index (χ2n) is 8.80. The number of nitrogens with two attached hydrogens (primary N) is 1. The van der Waals surface area contributed by atoms with Gasteiger partial charge in [-0.25, -0.2) is 22.7 Å². The highest BCUT2D eigenvalue weighted by Gasteiger charge is 2.36. The fourth-order valence-electron chi connectivity index (χ4n) is 3.84. The number of benzene rings is 1. The zero-order valence-electron chi connectivity index (χ0n) is 20.7. The minimum atomic E-state index is -4.89. The number of aromatic carboxylic acids is 1. The summed E-state index contributed by atoms with van der Waals surface area (Å²) in [6, 6.07) is 5.25. The third kappa shape index (κ3) is 6.46. The summed E-state index contributed by atoms with van der Waals surface area (Å²) in [6.07, 6.45) is -8.88. The van der Waals surface area contributed by atoms with Crippen LogP contribution in [0.25, 0.3) is 16.9 Å². The number of aromatic nitrogens is 3. The van der Waals surface area contributed by atoms with Crippen molar-refractivity contribution in [2.75, 3.05) is 18.8 Å². The van der Waals surface area contributed by atoms with Crippen molar-refractivity contribution in [3.05, 3.63) is 63.8 Å². The number of thiophene rings is 1. The van der Waals surface area contributed by atoms with Gasteiger partial charge >= 0.3 is 18.3 Å². The van der Waals surface area contributed by atoms with Crippen LogP contribution in [0.1, 0.15) is 28.0 Å². The zero-order chi connectivity index (χ0) is 31.2. The number of hydrogen-bond acceptors (Lipinski definition) is 8. The van der Waals surface area contributed by atoms with Crippen LogP contribution in [-0.4, -0.2) is 62.7 Å². The summed E-state index contributed by atoms with van der Waals surface area (Å²) in [6.45, 7) is 0.469. The summed E-state index contributed by atoms with van der Waals surface area (Å²) in [4.78, 5) is 15.0. The standard InChI is InChI=1S/C15H7F6N3O2.C8H11ClN2O3S2/c16-14(17,18)8-3-1-7(2-4-8)10-5-11(15(19,20)21)24-12(23-10)9(6-22-24)13(25)26;9-8-6(10)3-7(15-8)16(13,14)11-2-1-5(12)4-11/h1-6H,(H,25,26);3,5,12H,1-2,4,10H2. The molecule has 0 aliphatic carbocycles. The van der Waals surface area contributed by atoms with E-state index in [4.69, 9.17) is 22.4 Å². The number of anilines is 1. The molecule has 5 rings (SSSR count). The van der Waals surface area contributed by atoms with Crippen molar-refractivity contribution < 1.29 is 49.8 Å². The van der Waals surface area contributed by atoms with E-state index < -0.39 is 56.9 Å². The van der Waals surface area contributed by atoms with Crippen LogP contribution in [0, 0.1) is 0 Å². The third-order valence-corrected chi connectivity index (χ3v) is 9.61. The number of aliphatic hydroxyl groups excluding tert-OH is 1. The molecule has 1 aliphatic rings. The second kappa shape index (κ2) is 11.3. The Kier molecular flexibility index (Phi) is 8.49. The van der Waals surface area contributed by atoms with Crippen molar-refractivity contribution >= 4 is 50.3 Å². The molecule has 10 nitrogen and oxygen atoms in total. The number of fused-ring (bicyclic) bond motifs is 1. The third-order valence-electron chi connectivity index (χ3n) is 5.91. The van der Waals surface area contributed by atoms with Crippen molar-refractivity contribution in [1.29, 1.82) is 0 Å². The lowest BCUT2D eigenvalue weighted by Crippen LogP contribution is -2.29. The van der Waals surface area contributed by atoms with Gasteiger partial charge in [-0.05, 0) is 30.7 Å². The van der Waals surface area contributed by atoms with Crippen molar-refractivity contribution in [3.63, 3.8) is 0 Å². The number of nitrogen functional groups attached to an aromatic ring is 1. The number of carboxylic acid groups (broad SMARTS) is 1. The minimum absolute atomic E-state index is 0.0384. The van der Waals surface area contributed by atoms with Gasteiger partial charge in [0.1, 0.15) is 14.1 Å². The summed E-state index contributed by atoms with van der Waals surface area (Å²) in [5, 5.41) is 21.8. The number of β-amino-alcohol motifs (C(OH)–C–C–N with tert-alkyl or cyclic N) is 1. The minimum Gasteiger partial charge on any atom is -0.477 e. The van der Waals surface area contributed by atoms with Gasteiger partial charge in [0.2, 0.25) is 0 Å². The van der Waals surface area contributed by atoms with Crippen LogP contribution >= 0.6 is 22.9 Å². The molecule has 1 unspecified atom stereocenters. The van der Waals surface area contributed by atoms with Crippen molar-refractivity contribution in [2.45, 2.75) is 29.1 Å². The Morgan fingerprint density at radius 1 is 1.10 bits per heavy atom. The van der Waals surface area contributed by atoms with E-state index in [9.17, 15) is 44.7 Å². The Balaban J connectivity index is 0.000000216. The molecule has 4 N–H and O–H groups in total. The summed E-state index contributed by atoms with van der Waals surface area (Å²) >= 11 is 6.67. The maximum Gasteiger partial charge on any atom is 0.433 e. The first-order valence-electron chi connectivity index (χ1n) is 11.5. The average molecular weight is 658 g/mol. The van der Waals surface area contributed by atoms with E-state index in [-0.39, 0.29) is 32.0 Å². The molecular formula is C23H18ClF6N5O5S2. The molecular weight excluding hydrogens is 640 g/mol. The van der Waals surface area contributed by atoms with E-state index in [2.05, 4.69) is 10.1 Å². The van der Waals surface area contributed by atoms with Crippen molar-refractivity contribution in [3.8, 4) is 11.3 Å². The maximum absolute atomic E-state index is 13.3. The molecule has 0 spiro atoms. The number of hydrogen-bond donors (Lipinski definition) is 3. The summed E-state index contributed by atoms with van der Waals surface area (Å²) < 4.78 is 104. The molecule has 4 aromatic rings. The van der Waals surface area contributed by atoms with Gasteiger partial charge in [0, 0.05) is 18.7 Å². The SMILES string of the molecule is Nc1cc(S(=O)(=O)N2CCC(O)C2)sc1Cl.O=C(O)c1cnn2c(C(F)(F)F)cc(-c3ccc(C(F)(F)F)cc3)nc12. The highest BCUT2D eigenvalue weighted by Crippen LogP contribution is 2.36. The number of carbonyl (C=O) groups is 1. The van der Waals surface area contributed by atoms with Crippen LogP contribution in [0.3, 0.4) is 0 Å². The van der Waals surface area contributed by atoms with E-state index in [1.54, 1.807) is 0 Å². The van der Waals surface area contributed by atoms with Crippen LogP contribution in [0.2, 0.25) is 4.34 Å². The topological polar surface area (TPSA) is 151 Å². The van der Waals surface area contributed by atoms with Gasteiger partial charge in [-0.15, -0.1) is 11.3 Å². The second-order valence-corrected chi connectivity index (χ2v) is 12.6. The van der Waals surface area contributed by atoms with Gasteiger partial charge in [-0.2, -0.15) is 35.7 Å². The Labute approximate surface area is 241 Å². The first-order valence-corrected chi connectivity index (χ1v) is 14.1. The van der Waals surface area contributed by atoms with Crippen LogP contribution in [0.4, 0.5) is 32.0 Å². The van der Waals surface area contributed by atoms with Crippen LogP contribution in [0.5, 0.6) is 0 Å². The fraction of sp³-hybridized carbons (Fsp3) is 0.261. The van der Waals surface area contributed by atoms with E-state index in [1.165, 1.54) is 10.4 Å². The van der Waals surface area contributed by atoms with Gasteiger partial charge in [0.25, 0.3) is 10.0 Å². The monoisotopic (exact) mass is 657 g/mol. The lowest BCUT2D eigenvalue weighted by molar-refractivity contribution is -0.142. The molecule has 0 radical (unpaired) electrons. The Bertz CT molecular complexity index is 1720. The number of rotatable bonds is 4. The molecule has 19 heteroatoms. The molecule has 1 fully saturated rings. The normalized spacial score (nSPS) is 16.4. The largest absolute Gasteiger partial charge is 0.477 e. The first kappa shape index (κ1) is 31.5. The van der Waals surface area contributed by atoms with E-state index in [1.807, 2.05) is 0 Å². The molecule has 1 saturated heterocycles. The molecule has 226 valence electrons. The van der Waals surface area contributed by atoms with Gasteiger partial charge in [0.05, 0.1) is 29.2 Å². The predicted octanol–water partition coefficient (Wildman–Crippen LogP) is 4.87. The molecule has 0 amide bonds. The molecule has 1 aliphatic heterocycles. The fourth-order valence-corrected chi connectivity index (χ4v) is 7.05. The highest BCUT2D eigenvalue weighted by atomic mass is 35.5. The maximum atomic E-state index is 13.3. The van der Waals surface area contributed by atoms with E-state index >= 15 is 0 Å². The molecule has 42 heavy (non-hydrogen) atoms. The van der Waals surface area contributed by atoms with Crippen LogP contribution in [-0.2, 0) is 22.4 Å².